The van der Waals surface area contributed by atoms with E-state index in [4.69, 9.17) is 56.1 Å². The van der Waals surface area contributed by atoms with Crippen LogP contribution in [0.2, 0.25) is 46.3 Å². The highest BCUT2D eigenvalue weighted by Gasteiger charge is 2.55. The molecule has 0 spiro atoms. The molecule has 2 aliphatic rings. The van der Waals surface area contributed by atoms with E-state index in [9.17, 15) is 9.36 Å². The van der Waals surface area contributed by atoms with Crippen molar-refractivity contribution < 1.29 is 31.7 Å². The first-order chi connectivity index (χ1) is 21.0. The van der Waals surface area contributed by atoms with Crippen molar-refractivity contribution in [3.63, 3.8) is 0 Å². The Morgan fingerprint density at radius 3 is 2.22 bits per heavy atom. The van der Waals surface area contributed by atoms with Gasteiger partial charge < -0.3 is 19.3 Å². The number of nitrogens with zero attached hydrogens (tertiary/aromatic N) is 2. The largest absolute Gasteiger partial charge is 0.475 e. The summed E-state index contributed by atoms with van der Waals surface area (Å²) in [6, 6.07) is 6.54. The van der Waals surface area contributed by atoms with Gasteiger partial charge in [-0.25, -0.2) is 9.36 Å². The highest BCUT2D eigenvalue weighted by atomic mass is 35.5. The minimum Gasteiger partial charge on any atom is -0.408 e. The van der Waals surface area contributed by atoms with Crippen molar-refractivity contribution in [1.82, 2.24) is 9.55 Å². The zero-order chi connectivity index (χ0) is 34.5. The van der Waals surface area contributed by atoms with Crippen LogP contribution in [0.25, 0.3) is 0 Å². The van der Waals surface area contributed by atoms with Gasteiger partial charge >= 0.3 is 13.5 Å². The molecule has 0 unspecified atom stereocenters. The van der Waals surface area contributed by atoms with Gasteiger partial charge in [0.15, 0.2) is 22.9 Å². The molecule has 0 radical (unpaired) electrons. The molecule has 3 heterocycles. The predicted octanol–water partition coefficient (Wildman–Crippen LogP) is 8.11. The molecule has 16 heteroatoms. The third-order valence-electron chi connectivity index (χ3n) is 9.47. The molecule has 11 nitrogen and oxygen atoms in total. The Morgan fingerprint density at radius 2 is 1.63 bits per heavy atom. The Kier molecular flexibility index (Phi) is 11.2. The molecule has 4 rings (SSSR count). The maximum atomic E-state index is 13.9. The van der Waals surface area contributed by atoms with Crippen molar-refractivity contribution in [3.05, 3.63) is 56.6 Å². The minimum absolute atomic E-state index is 0.0918. The van der Waals surface area contributed by atoms with Crippen LogP contribution < -0.4 is 11.4 Å². The molecular weight excluding hydrogens is 688 g/mol. The third-order valence-corrected chi connectivity index (χ3v) is 20.5. The SMILES string of the molecule is CC(C)(C)[Si](C)(C)O[C@H]1[C@H](O[Si](C)(C)C(C)(C)C)[C@@H](CO[P@]2(=O)OCC[C@H](c3cc(Cl)ccc3Cl)O2)O[C@H]1n1ccc(N)nc1=O. The Balaban J connectivity index is 1.70. The summed E-state index contributed by atoms with van der Waals surface area (Å²) in [5, 5.41) is 0.578. The van der Waals surface area contributed by atoms with E-state index in [0.29, 0.717) is 22.0 Å². The monoisotopic (exact) mass is 735 g/mol. The number of rotatable bonds is 9. The number of aromatic nitrogens is 2. The summed E-state index contributed by atoms with van der Waals surface area (Å²) in [4.78, 5) is 17.1. The second-order valence-electron chi connectivity index (χ2n) is 14.9. The van der Waals surface area contributed by atoms with E-state index in [-0.39, 0.29) is 29.1 Å². The molecule has 0 bridgehead atoms. The lowest BCUT2D eigenvalue weighted by Crippen LogP contribution is -2.54. The van der Waals surface area contributed by atoms with Crippen LogP contribution in [0.1, 0.15) is 65.9 Å². The average molecular weight is 737 g/mol. The Hall–Kier alpha value is -1.10. The molecule has 2 N–H and O–H groups in total. The molecule has 2 aromatic rings. The second-order valence-corrected chi connectivity index (χ2v) is 26.9. The maximum Gasteiger partial charge on any atom is 0.475 e. The van der Waals surface area contributed by atoms with Crippen LogP contribution in [-0.4, -0.2) is 57.7 Å². The molecule has 2 fully saturated rings. The van der Waals surface area contributed by atoms with Crippen LogP contribution >= 0.6 is 31.0 Å². The second kappa shape index (κ2) is 13.7. The standard InChI is InChI=1S/C30H48Cl2N3O8PSi2/c1-29(2,3)45(7,8)42-25-23(18-39-44(37)38-16-14-22(41-44)20-17-19(31)11-12-21(20)32)40-27(35-15-13-24(33)34-28(35)36)26(25)43-46(9,10)30(4,5)6/h11-13,15,17,22-23,25-27H,14,16,18H2,1-10H3,(H2,33,34,36)/t22-,23-,25-,26+,27-,44+/m1/s1. The van der Waals surface area contributed by atoms with E-state index in [1.165, 1.54) is 10.6 Å². The van der Waals surface area contributed by atoms with E-state index in [1.807, 2.05) is 0 Å². The van der Waals surface area contributed by atoms with E-state index >= 15 is 0 Å². The summed E-state index contributed by atoms with van der Waals surface area (Å²) >= 11 is 12.6. The van der Waals surface area contributed by atoms with Crippen molar-refractivity contribution in [2.24, 2.45) is 0 Å². The zero-order valence-corrected chi connectivity index (χ0v) is 32.7. The molecular formula is C30H48Cl2N3O8PSi2. The Morgan fingerprint density at radius 1 is 1.02 bits per heavy atom. The number of hydrogen-bond acceptors (Lipinski definition) is 10. The van der Waals surface area contributed by atoms with Crippen molar-refractivity contribution in [1.29, 1.82) is 0 Å². The van der Waals surface area contributed by atoms with Gasteiger partial charge in [-0.15, -0.1) is 0 Å². The molecule has 2 saturated heterocycles. The summed E-state index contributed by atoms with van der Waals surface area (Å²) < 4.78 is 53.3. The van der Waals surface area contributed by atoms with Crippen molar-refractivity contribution in [2.75, 3.05) is 18.9 Å². The Labute approximate surface area is 284 Å². The fourth-order valence-corrected chi connectivity index (χ4v) is 9.11. The van der Waals surface area contributed by atoms with E-state index < -0.39 is 60.8 Å². The summed E-state index contributed by atoms with van der Waals surface area (Å²) in [6.07, 6.45) is -1.87. The van der Waals surface area contributed by atoms with Crippen molar-refractivity contribution >= 4 is 53.5 Å². The van der Waals surface area contributed by atoms with E-state index in [2.05, 4.69) is 72.7 Å². The number of benzene rings is 1. The van der Waals surface area contributed by atoms with Gasteiger partial charge in [-0.05, 0) is 60.5 Å². The van der Waals surface area contributed by atoms with Gasteiger partial charge in [0.2, 0.25) is 0 Å². The van der Waals surface area contributed by atoms with Gasteiger partial charge in [-0.3, -0.25) is 18.1 Å². The smallest absolute Gasteiger partial charge is 0.408 e. The summed E-state index contributed by atoms with van der Waals surface area (Å²) in [6.45, 7) is 21.2. The maximum absolute atomic E-state index is 13.9. The number of halogens is 2. The lowest BCUT2D eigenvalue weighted by atomic mass is 10.1. The number of nitrogen functional groups attached to an aromatic ring is 1. The molecule has 0 saturated carbocycles. The van der Waals surface area contributed by atoms with E-state index in [1.54, 1.807) is 24.4 Å². The van der Waals surface area contributed by atoms with Crippen LogP contribution in [-0.2, 0) is 31.7 Å². The lowest BCUT2D eigenvalue weighted by molar-refractivity contribution is -0.0592. The van der Waals surface area contributed by atoms with Crippen molar-refractivity contribution in [2.45, 2.75) is 115 Å². The van der Waals surface area contributed by atoms with Gasteiger partial charge in [0, 0.05) is 28.2 Å². The van der Waals surface area contributed by atoms with Crippen LogP contribution in [0.5, 0.6) is 0 Å². The number of nitrogens with two attached hydrogens (primary N) is 1. The molecule has 6 atom stereocenters. The fraction of sp³-hybridized carbons (Fsp3) is 0.667. The van der Waals surface area contributed by atoms with Crippen molar-refractivity contribution in [3.8, 4) is 0 Å². The predicted molar refractivity (Wildman–Crippen MR) is 185 cm³/mol. The number of hydrogen-bond donors (Lipinski definition) is 1. The first-order valence-electron chi connectivity index (χ1n) is 15.4. The summed E-state index contributed by atoms with van der Waals surface area (Å²) in [7, 11) is -9.01. The first kappa shape index (κ1) is 37.7. The first-order valence-corrected chi connectivity index (χ1v) is 23.5. The fourth-order valence-electron chi connectivity index (χ4n) is 4.70. The van der Waals surface area contributed by atoms with Gasteiger partial charge in [0.25, 0.3) is 0 Å². The normalized spacial score (nSPS) is 28.0. The molecule has 1 aromatic carbocycles. The quantitative estimate of drug-likeness (QED) is 0.199. The highest BCUT2D eigenvalue weighted by molar-refractivity contribution is 7.48. The number of phosphoric ester groups is 1. The van der Waals surface area contributed by atoms with Crippen LogP contribution in [0.3, 0.4) is 0 Å². The van der Waals surface area contributed by atoms with Gasteiger partial charge in [-0.2, -0.15) is 4.98 Å². The minimum atomic E-state index is -4.08. The molecule has 0 amide bonds. The number of ether oxygens (including phenoxy) is 1. The summed E-state index contributed by atoms with van der Waals surface area (Å²) in [5.74, 6) is 0.0918. The lowest BCUT2D eigenvalue weighted by Gasteiger charge is -2.44. The number of phosphoric acid groups is 1. The van der Waals surface area contributed by atoms with Gasteiger partial charge in [0.1, 0.15) is 24.1 Å². The van der Waals surface area contributed by atoms with Crippen LogP contribution in [0.15, 0.2) is 35.3 Å². The molecule has 258 valence electrons. The highest BCUT2D eigenvalue weighted by Crippen LogP contribution is 2.58. The molecule has 1 aromatic heterocycles. The molecule has 2 aliphatic heterocycles. The van der Waals surface area contributed by atoms with Crippen LogP contribution in [0, 0.1) is 0 Å². The Bertz CT molecular complexity index is 1510. The summed E-state index contributed by atoms with van der Waals surface area (Å²) in [5.41, 5.74) is 5.82. The van der Waals surface area contributed by atoms with E-state index in [0.717, 1.165) is 0 Å². The van der Waals surface area contributed by atoms with Crippen LogP contribution in [0.4, 0.5) is 5.82 Å². The topological polar surface area (TPSA) is 133 Å². The molecule has 0 aliphatic carbocycles. The van der Waals surface area contributed by atoms with Gasteiger partial charge in [-0.1, -0.05) is 64.7 Å². The average Bonchev–Trinajstić information content (AvgIpc) is 3.23. The zero-order valence-electron chi connectivity index (χ0n) is 28.3. The molecule has 46 heavy (non-hydrogen) atoms. The third kappa shape index (κ3) is 8.36. The van der Waals surface area contributed by atoms with Gasteiger partial charge in [0.05, 0.1) is 19.3 Å². The number of anilines is 1.